The maximum Gasteiger partial charge on any atom is 0.322 e. The van der Waals surface area contributed by atoms with Crippen LogP contribution in [0.1, 0.15) is 31.3 Å². The normalized spacial score (nSPS) is 15.6. The zero-order valence-electron chi connectivity index (χ0n) is 21.4. The van der Waals surface area contributed by atoms with Gasteiger partial charge in [0.05, 0.1) is 13.2 Å². The largest absolute Gasteiger partial charge is 0.495 e. The first-order valence-corrected chi connectivity index (χ1v) is 13.5. The van der Waals surface area contributed by atoms with Crippen LogP contribution in [0.2, 0.25) is 0 Å². The van der Waals surface area contributed by atoms with Crippen LogP contribution in [0, 0.1) is 6.92 Å². The predicted octanol–water partition coefficient (Wildman–Crippen LogP) is 3.20. The van der Waals surface area contributed by atoms with Crippen molar-refractivity contribution in [1.29, 1.82) is 0 Å². The van der Waals surface area contributed by atoms with E-state index < -0.39 is 16.1 Å². The summed E-state index contributed by atoms with van der Waals surface area (Å²) >= 11 is 0. The van der Waals surface area contributed by atoms with Gasteiger partial charge < -0.3 is 19.3 Å². The van der Waals surface area contributed by atoms with Crippen molar-refractivity contribution in [1.82, 2.24) is 24.4 Å². The molecule has 10 nitrogen and oxygen atoms in total. The molecular formula is C25H34N6O4S. The first-order valence-electron chi connectivity index (χ1n) is 12.0. The van der Waals surface area contributed by atoms with Crippen LogP contribution in [0.25, 0.3) is 0 Å². The molecule has 0 amide bonds. The van der Waals surface area contributed by atoms with Crippen molar-refractivity contribution >= 4 is 15.7 Å². The van der Waals surface area contributed by atoms with Gasteiger partial charge in [-0.05, 0) is 57.6 Å². The fraction of sp³-hybridized carbons (Fsp3) is 0.440. The fourth-order valence-electron chi connectivity index (χ4n) is 4.25. The second-order valence-electron chi connectivity index (χ2n) is 8.97. The molecule has 0 aliphatic carbocycles. The average Bonchev–Trinajstić information content (AvgIpc) is 3.27. The highest BCUT2D eigenvalue weighted by Gasteiger charge is 2.26. The molecule has 1 aliphatic rings. The van der Waals surface area contributed by atoms with Crippen molar-refractivity contribution in [2.45, 2.75) is 38.3 Å². The standard InChI is InChI=1S/C25H34N6O4S/c1-6-31-24(19(3)28-36(32,33)23-16-18(2)10-11-22(23)34-5)26-27-25(31)35-21-9-7-8-20(17-21)30-14-12-29(4)13-15-30/h7-11,16-17,19,28H,6,12-15H2,1-5H3/t19-/m1/s1. The first kappa shape index (κ1) is 25.9. The van der Waals surface area contributed by atoms with Crippen LogP contribution in [0.15, 0.2) is 47.4 Å². The van der Waals surface area contributed by atoms with E-state index in [4.69, 9.17) is 9.47 Å². The van der Waals surface area contributed by atoms with E-state index >= 15 is 0 Å². The maximum atomic E-state index is 13.2. The van der Waals surface area contributed by atoms with E-state index in [0.717, 1.165) is 37.4 Å². The minimum Gasteiger partial charge on any atom is -0.495 e. The van der Waals surface area contributed by atoms with Crippen molar-refractivity contribution in [3.8, 4) is 17.5 Å². The molecule has 1 N–H and O–H groups in total. The van der Waals surface area contributed by atoms with Gasteiger partial charge in [-0.1, -0.05) is 17.2 Å². The number of rotatable bonds is 9. The molecule has 1 aliphatic heterocycles. The van der Waals surface area contributed by atoms with Gasteiger partial charge in [-0.3, -0.25) is 4.57 Å². The van der Waals surface area contributed by atoms with E-state index in [2.05, 4.69) is 37.8 Å². The van der Waals surface area contributed by atoms with Gasteiger partial charge in [0.25, 0.3) is 0 Å². The van der Waals surface area contributed by atoms with Crippen LogP contribution < -0.4 is 19.1 Å². The van der Waals surface area contributed by atoms with Gasteiger partial charge in [0.2, 0.25) is 10.0 Å². The summed E-state index contributed by atoms with van der Waals surface area (Å²) in [5, 5.41) is 8.47. The van der Waals surface area contributed by atoms with Crippen LogP contribution in [0.4, 0.5) is 5.69 Å². The average molecular weight is 515 g/mol. The van der Waals surface area contributed by atoms with E-state index in [0.29, 0.717) is 24.1 Å². The van der Waals surface area contributed by atoms with Crippen molar-refractivity contribution in [2.24, 2.45) is 0 Å². The van der Waals surface area contributed by atoms with Gasteiger partial charge in [0.1, 0.15) is 16.4 Å². The molecule has 0 radical (unpaired) electrons. The van der Waals surface area contributed by atoms with Crippen LogP contribution in [-0.4, -0.2) is 68.4 Å². The molecule has 0 saturated carbocycles. The molecule has 0 spiro atoms. The number of hydrogen-bond acceptors (Lipinski definition) is 8. The lowest BCUT2D eigenvalue weighted by Gasteiger charge is -2.34. The number of piperazine rings is 1. The molecule has 36 heavy (non-hydrogen) atoms. The number of aryl methyl sites for hydroxylation is 1. The second-order valence-corrected chi connectivity index (χ2v) is 10.7. The molecule has 11 heteroatoms. The Morgan fingerprint density at radius 3 is 2.53 bits per heavy atom. The highest BCUT2D eigenvalue weighted by molar-refractivity contribution is 7.89. The summed E-state index contributed by atoms with van der Waals surface area (Å²) in [6.45, 7) is 9.95. The summed E-state index contributed by atoms with van der Waals surface area (Å²) in [5.74, 6) is 1.39. The van der Waals surface area contributed by atoms with E-state index in [1.807, 2.05) is 32.0 Å². The Morgan fingerprint density at radius 1 is 1.08 bits per heavy atom. The molecule has 1 fully saturated rings. The van der Waals surface area contributed by atoms with Crippen molar-refractivity contribution < 1.29 is 17.9 Å². The van der Waals surface area contributed by atoms with Crippen molar-refractivity contribution in [3.05, 3.63) is 53.9 Å². The topological polar surface area (TPSA) is 102 Å². The van der Waals surface area contributed by atoms with E-state index in [9.17, 15) is 8.42 Å². The lowest BCUT2D eigenvalue weighted by molar-refractivity contribution is 0.312. The van der Waals surface area contributed by atoms with Gasteiger partial charge in [-0.25, -0.2) is 13.1 Å². The van der Waals surface area contributed by atoms with Gasteiger partial charge in [0, 0.05) is 44.5 Å². The molecule has 1 saturated heterocycles. The van der Waals surface area contributed by atoms with Crippen LogP contribution >= 0.6 is 0 Å². The molecule has 4 rings (SSSR count). The minimum absolute atomic E-state index is 0.0802. The molecule has 2 aromatic carbocycles. The molecule has 2 heterocycles. The Bertz CT molecular complexity index is 1300. The molecule has 0 unspecified atom stereocenters. The smallest absolute Gasteiger partial charge is 0.322 e. The molecule has 3 aromatic rings. The highest BCUT2D eigenvalue weighted by atomic mass is 32.2. The predicted molar refractivity (Wildman–Crippen MR) is 138 cm³/mol. The number of hydrogen-bond donors (Lipinski definition) is 1. The van der Waals surface area contributed by atoms with Crippen molar-refractivity contribution in [3.63, 3.8) is 0 Å². The quantitative estimate of drug-likeness (QED) is 0.465. The number of methoxy groups -OCH3 is 1. The summed E-state index contributed by atoms with van der Waals surface area (Å²) in [4.78, 5) is 4.72. The zero-order valence-corrected chi connectivity index (χ0v) is 22.2. The number of benzene rings is 2. The third-order valence-corrected chi connectivity index (χ3v) is 7.85. The molecule has 0 bridgehead atoms. The maximum absolute atomic E-state index is 13.2. The number of nitrogens with zero attached hydrogens (tertiary/aromatic N) is 5. The summed E-state index contributed by atoms with van der Waals surface area (Å²) in [5.41, 5.74) is 1.91. The number of aromatic nitrogens is 3. The molecule has 194 valence electrons. The van der Waals surface area contributed by atoms with E-state index in [1.54, 1.807) is 29.7 Å². The third-order valence-electron chi connectivity index (χ3n) is 6.28. The monoisotopic (exact) mass is 514 g/mol. The summed E-state index contributed by atoms with van der Waals surface area (Å²) < 4.78 is 42.2. The third kappa shape index (κ3) is 5.63. The van der Waals surface area contributed by atoms with Gasteiger partial charge in [-0.15, -0.1) is 5.10 Å². The number of nitrogens with one attached hydrogen (secondary N) is 1. The van der Waals surface area contributed by atoms with Crippen LogP contribution in [0.5, 0.6) is 17.5 Å². The minimum atomic E-state index is -3.88. The Morgan fingerprint density at radius 2 is 1.83 bits per heavy atom. The van der Waals surface area contributed by atoms with Crippen LogP contribution in [0.3, 0.4) is 0 Å². The lowest BCUT2D eigenvalue weighted by atomic mass is 10.2. The Hall–Kier alpha value is -3.15. The van der Waals surface area contributed by atoms with Crippen molar-refractivity contribution in [2.75, 3.05) is 45.2 Å². The SMILES string of the molecule is CCn1c(Oc2cccc(N3CCN(C)CC3)c2)nnc1[C@@H](C)NS(=O)(=O)c1cc(C)ccc1OC. The Labute approximate surface area is 212 Å². The van der Waals surface area contributed by atoms with Gasteiger partial charge in [-0.2, -0.15) is 0 Å². The zero-order chi connectivity index (χ0) is 25.9. The highest BCUT2D eigenvalue weighted by Crippen LogP contribution is 2.29. The van der Waals surface area contributed by atoms with E-state index in [1.165, 1.54) is 7.11 Å². The number of sulfonamides is 1. The summed E-state index contributed by atoms with van der Waals surface area (Å²) in [6, 6.07) is 12.6. The van der Waals surface area contributed by atoms with Gasteiger partial charge in [0.15, 0.2) is 5.82 Å². The molecule has 1 aromatic heterocycles. The number of anilines is 1. The van der Waals surface area contributed by atoms with Gasteiger partial charge >= 0.3 is 6.01 Å². The summed E-state index contributed by atoms with van der Waals surface area (Å²) in [6.07, 6.45) is 0. The Kier molecular flexibility index (Phi) is 7.82. The second kappa shape index (κ2) is 10.9. The number of likely N-dealkylation sites (N-methyl/N-ethyl adjacent to an activating group) is 1. The lowest BCUT2D eigenvalue weighted by Crippen LogP contribution is -2.44. The molecule has 1 atom stereocenters. The summed E-state index contributed by atoms with van der Waals surface area (Å²) in [7, 11) is -0.298. The fourth-order valence-corrected chi connectivity index (χ4v) is 5.70. The first-order chi connectivity index (χ1) is 17.2. The van der Waals surface area contributed by atoms with Crippen LogP contribution in [-0.2, 0) is 16.6 Å². The Balaban J connectivity index is 1.53. The van der Waals surface area contributed by atoms with E-state index in [-0.39, 0.29) is 10.6 Å². The number of ether oxygens (including phenoxy) is 2. The molecular weight excluding hydrogens is 480 g/mol.